The van der Waals surface area contributed by atoms with E-state index in [2.05, 4.69) is 27.1 Å². The maximum atomic E-state index is 13.4. The average Bonchev–Trinajstić information content (AvgIpc) is 2.86. The largest absolute Gasteiger partial charge is 0.496 e. The second-order valence-electron chi connectivity index (χ2n) is 8.95. The number of β-lactam (4-membered cyclic amide) rings is 1. The fourth-order valence-electron chi connectivity index (χ4n) is 3.75. The third kappa shape index (κ3) is 5.33. The maximum absolute atomic E-state index is 13.4. The molecule has 0 atom stereocenters. The third-order valence-electron chi connectivity index (χ3n) is 5.71. The highest BCUT2D eigenvalue weighted by Crippen LogP contribution is 2.41. The summed E-state index contributed by atoms with van der Waals surface area (Å²) in [7, 11) is 1.36. The lowest BCUT2D eigenvalue weighted by Crippen LogP contribution is -2.58. The predicted molar refractivity (Wildman–Crippen MR) is 131 cm³/mol. The van der Waals surface area contributed by atoms with Crippen molar-refractivity contribution in [3.8, 4) is 17.6 Å². The first kappa shape index (κ1) is 25.5. The number of alkyl halides is 3. The van der Waals surface area contributed by atoms with Gasteiger partial charge in [0.2, 0.25) is 11.9 Å². The number of hydrogen-bond donors (Lipinski definition) is 2. The van der Waals surface area contributed by atoms with Crippen LogP contribution in [-0.2, 0) is 11.0 Å². The van der Waals surface area contributed by atoms with Gasteiger partial charge in [-0.2, -0.15) is 13.2 Å². The van der Waals surface area contributed by atoms with Crippen LogP contribution >= 0.6 is 0 Å². The van der Waals surface area contributed by atoms with E-state index in [9.17, 15) is 22.8 Å². The number of methoxy groups -OCH3 is 1. The van der Waals surface area contributed by atoms with Gasteiger partial charge in [0, 0.05) is 24.5 Å². The topological polar surface area (TPSA) is 110 Å². The van der Waals surface area contributed by atoms with E-state index in [1.807, 2.05) is 0 Å². The summed E-state index contributed by atoms with van der Waals surface area (Å²) < 4.78 is 45.6. The molecule has 1 aliphatic rings. The molecule has 1 aromatic heterocycles. The maximum Gasteiger partial charge on any atom is 0.416 e. The number of rotatable bonds is 4. The van der Waals surface area contributed by atoms with Gasteiger partial charge in [-0.05, 0) is 50.2 Å². The Bertz CT molecular complexity index is 1440. The first-order valence-electron chi connectivity index (χ1n) is 11.0. The highest BCUT2D eigenvalue weighted by atomic mass is 19.4. The van der Waals surface area contributed by atoms with Crippen molar-refractivity contribution in [1.29, 1.82) is 0 Å². The summed E-state index contributed by atoms with van der Waals surface area (Å²) >= 11 is 0. The van der Waals surface area contributed by atoms with Crippen LogP contribution in [0.5, 0.6) is 5.75 Å². The Morgan fingerprint density at radius 3 is 2.38 bits per heavy atom. The molecule has 2 amide bonds. The van der Waals surface area contributed by atoms with Crippen LogP contribution in [0.2, 0.25) is 0 Å². The van der Waals surface area contributed by atoms with E-state index in [1.165, 1.54) is 42.6 Å². The zero-order valence-electron chi connectivity index (χ0n) is 20.1. The van der Waals surface area contributed by atoms with Crippen molar-refractivity contribution in [2.75, 3.05) is 29.6 Å². The van der Waals surface area contributed by atoms with Crippen molar-refractivity contribution in [2.24, 2.45) is 5.41 Å². The smallest absolute Gasteiger partial charge is 0.416 e. The number of nitrogens with two attached hydrogens (primary N) is 1. The number of nitrogens with zero attached hydrogens (tertiary/aromatic N) is 3. The molecule has 0 aliphatic carbocycles. The normalized spacial score (nSPS) is 14.3. The number of amides is 2. The molecule has 2 aromatic carbocycles. The molecule has 4 rings (SSSR count). The number of carbonyl (C=O) groups is 2. The summed E-state index contributed by atoms with van der Waals surface area (Å²) in [6, 6.07) is 7.46. The molecule has 1 saturated heterocycles. The number of nitrogens with one attached hydrogen (secondary N) is 1. The van der Waals surface area contributed by atoms with Gasteiger partial charge in [0.05, 0.1) is 40.6 Å². The number of halogens is 3. The van der Waals surface area contributed by atoms with Gasteiger partial charge in [-0.15, -0.1) is 0 Å². The molecular formula is C26H22F3N5O3. The predicted octanol–water partition coefficient (Wildman–Crippen LogP) is 4.11. The fourth-order valence-corrected chi connectivity index (χ4v) is 3.75. The zero-order valence-corrected chi connectivity index (χ0v) is 20.1. The average molecular weight is 509 g/mol. The Morgan fingerprint density at radius 2 is 1.78 bits per heavy atom. The molecule has 37 heavy (non-hydrogen) atoms. The molecule has 11 heteroatoms. The molecule has 3 N–H and O–H groups in total. The highest BCUT2D eigenvalue weighted by molar-refractivity contribution is 6.11. The van der Waals surface area contributed by atoms with E-state index in [0.717, 1.165) is 12.1 Å². The molecule has 8 nitrogen and oxygen atoms in total. The molecule has 0 spiro atoms. The summed E-state index contributed by atoms with van der Waals surface area (Å²) in [4.78, 5) is 34.9. The Hall–Kier alpha value is -4.59. The van der Waals surface area contributed by atoms with Crippen molar-refractivity contribution >= 4 is 29.1 Å². The lowest BCUT2D eigenvalue weighted by molar-refractivity contribution is -0.137. The van der Waals surface area contributed by atoms with Crippen molar-refractivity contribution in [2.45, 2.75) is 20.0 Å². The number of nitrogen functional groups attached to an aromatic ring is 1. The Labute approximate surface area is 210 Å². The molecule has 1 fully saturated rings. The molecule has 0 bridgehead atoms. The lowest BCUT2D eigenvalue weighted by Gasteiger charge is -2.45. The van der Waals surface area contributed by atoms with E-state index in [0.29, 0.717) is 17.7 Å². The number of benzene rings is 2. The van der Waals surface area contributed by atoms with Crippen LogP contribution in [-0.4, -0.2) is 35.4 Å². The second-order valence-corrected chi connectivity index (χ2v) is 8.95. The third-order valence-corrected chi connectivity index (χ3v) is 5.71. The van der Waals surface area contributed by atoms with Crippen molar-refractivity contribution in [1.82, 2.24) is 9.97 Å². The number of aromatic nitrogens is 2. The van der Waals surface area contributed by atoms with Crippen LogP contribution in [0.15, 0.2) is 48.8 Å². The summed E-state index contributed by atoms with van der Waals surface area (Å²) in [5.74, 6) is 5.02. The first-order chi connectivity index (χ1) is 17.4. The standard InChI is InChI=1S/C26H22F3N5O3/c1-25(2)14-34(23(25)36)20-8-7-17(26(27,28)29)11-19(20)33-22(35)18-10-15(6-9-21(18)37-3)4-5-16-12-31-24(30)32-13-16/h6-13H,14H2,1-3H3,(H,33,35)(H2,30,31,32). The van der Waals surface area contributed by atoms with Gasteiger partial charge in [0.1, 0.15) is 5.75 Å². The van der Waals surface area contributed by atoms with Crippen LogP contribution in [0.25, 0.3) is 0 Å². The van der Waals surface area contributed by atoms with Crippen LogP contribution in [0.3, 0.4) is 0 Å². The molecule has 1 aliphatic heterocycles. The molecule has 2 heterocycles. The minimum Gasteiger partial charge on any atom is -0.496 e. The van der Waals surface area contributed by atoms with Crippen molar-refractivity contribution in [3.63, 3.8) is 0 Å². The van der Waals surface area contributed by atoms with Crippen LogP contribution in [0, 0.1) is 17.3 Å². The van der Waals surface area contributed by atoms with E-state index in [-0.39, 0.29) is 34.5 Å². The molecule has 0 unspecified atom stereocenters. The molecule has 0 saturated carbocycles. The fraction of sp³-hybridized carbons (Fsp3) is 0.231. The molecular weight excluding hydrogens is 487 g/mol. The van der Waals surface area contributed by atoms with E-state index < -0.39 is 23.1 Å². The van der Waals surface area contributed by atoms with Crippen molar-refractivity contribution < 1.29 is 27.5 Å². The van der Waals surface area contributed by atoms with Crippen LogP contribution in [0.1, 0.15) is 40.9 Å². The summed E-state index contributed by atoms with van der Waals surface area (Å²) in [6.45, 7) is 3.77. The second kappa shape index (κ2) is 9.46. The Kier molecular flexibility index (Phi) is 6.52. The van der Waals surface area contributed by atoms with Gasteiger partial charge in [0.15, 0.2) is 0 Å². The van der Waals surface area contributed by atoms with Gasteiger partial charge in [-0.1, -0.05) is 11.8 Å². The first-order valence-corrected chi connectivity index (χ1v) is 11.0. The van der Waals surface area contributed by atoms with Gasteiger partial charge in [0.25, 0.3) is 5.91 Å². The monoisotopic (exact) mass is 509 g/mol. The number of carbonyl (C=O) groups excluding carboxylic acids is 2. The van der Waals surface area contributed by atoms with Gasteiger partial charge >= 0.3 is 6.18 Å². The quantitative estimate of drug-likeness (QED) is 0.405. The van der Waals surface area contributed by atoms with E-state index in [4.69, 9.17) is 10.5 Å². The van der Waals surface area contributed by atoms with Gasteiger partial charge < -0.3 is 20.7 Å². The Morgan fingerprint density at radius 1 is 1.11 bits per heavy atom. The summed E-state index contributed by atoms with van der Waals surface area (Å²) in [6.07, 6.45) is -1.75. The minimum absolute atomic E-state index is 0.0430. The molecule has 190 valence electrons. The zero-order chi connectivity index (χ0) is 27.0. The van der Waals surface area contributed by atoms with E-state index in [1.54, 1.807) is 19.9 Å². The van der Waals surface area contributed by atoms with Gasteiger partial charge in [-0.3, -0.25) is 9.59 Å². The van der Waals surface area contributed by atoms with Crippen LogP contribution in [0.4, 0.5) is 30.5 Å². The number of anilines is 3. The summed E-state index contributed by atoms with van der Waals surface area (Å²) in [5.41, 5.74) is 4.85. The number of hydrogen-bond acceptors (Lipinski definition) is 6. The molecule has 0 radical (unpaired) electrons. The molecule has 3 aromatic rings. The van der Waals surface area contributed by atoms with E-state index >= 15 is 0 Å². The SMILES string of the molecule is COc1ccc(C#Cc2cnc(N)nc2)cc1C(=O)Nc1cc(C(F)(F)F)ccc1N1CC(C)(C)C1=O. The Balaban J connectivity index is 1.68. The lowest BCUT2D eigenvalue weighted by atomic mass is 9.82. The van der Waals surface area contributed by atoms with Crippen LogP contribution < -0.4 is 20.7 Å². The summed E-state index contributed by atoms with van der Waals surface area (Å²) in [5, 5.41) is 2.52. The number of ether oxygens (including phenoxy) is 1. The highest BCUT2D eigenvalue weighted by Gasteiger charge is 2.46. The minimum atomic E-state index is -4.64. The van der Waals surface area contributed by atoms with Gasteiger partial charge in [-0.25, -0.2) is 9.97 Å². The van der Waals surface area contributed by atoms with Crippen molar-refractivity contribution in [3.05, 3.63) is 71.0 Å².